The molecule has 0 spiro atoms. The smallest absolute Gasteiger partial charge is 0.277 e. The van der Waals surface area contributed by atoms with Crippen LogP contribution in [0.2, 0.25) is 0 Å². The molecule has 0 aliphatic rings. The highest BCUT2D eigenvalue weighted by Gasteiger charge is 2.06. The Morgan fingerprint density at radius 3 is 2.82 bits per heavy atom. The van der Waals surface area contributed by atoms with Gasteiger partial charge in [-0.25, -0.2) is 5.43 Å². The maximum Gasteiger partial charge on any atom is 0.277 e. The number of hydrazone groups is 1. The molecular formula is C15H14IN3O3. The molecule has 1 N–H and O–H groups in total. The van der Waals surface area contributed by atoms with Gasteiger partial charge in [0, 0.05) is 12.4 Å². The van der Waals surface area contributed by atoms with Crippen LogP contribution >= 0.6 is 22.6 Å². The Morgan fingerprint density at radius 2 is 2.14 bits per heavy atom. The van der Waals surface area contributed by atoms with Gasteiger partial charge in [-0.1, -0.05) is 0 Å². The second-order valence-corrected chi connectivity index (χ2v) is 5.32. The number of pyridine rings is 1. The Morgan fingerprint density at radius 1 is 1.36 bits per heavy atom. The van der Waals surface area contributed by atoms with Crippen molar-refractivity contribution in [2.75, 3.05) is 13.7 Å². The fraction of sp³-hybridized carbons (Fsp3) is 0.133. The molecule has 0 saturated heterocycles. The number of aromatic nitrogens is 1. The number of hydrogen-bond acceptors (Lipinski definition) is 5. The largest absolute Gasteiger partial charge is 0.497 e. The molecule has 22 heavy (non-hydrogen) atoms. The molecule has 114 valence electrons. The van der Waals surface area contributed by atoms with Crippen molar-refractivity contribution in [2.24, 2.45) is 5.10 Å². The molecule has 0 bridgehead atoms. The quantitative estimate of drug-likeness (QED) is 0.450. The third kappa shape index (κ3) is 4.99. The summed E-state index contributed by atoms with van der Waals surface area (Å²) in [5.74, 6) is 1.02. The summed E-state index contributed by atoms with van der Waals surface area (Å²) in [6, 6.07) is 8.93. The molecule has 1 aromatic heterocycles. The summed E-state index contributed by atoms with van der Waals surface area (Å²) in [6.45, 7) is -0.115. The summed E-state index contributed by atoms with van der Waals surface area (Å²) in [5.41, 5.74) is 3.25. The van der Waals surface area contributed by atoms with Gasteiger partial charge in [0.2, 0.25) is 0 Å². The van der Waals surface area contributed by atoms with E-state index < -0.39 is 0 Å². The number of nitrogens with one attached hydrogen (secondary N) is 1. The SMILES string of the molecule is COc1ccc(OCC(=O)N/N=C/c2ccncc2)c(I)c1. The Labute approximate surface area is 141 Å². The van der Waals surface area contributed by atoms with Crippen LogP contribution in [-0.4, -0.2) is 30.8 Å². The summed E-state index contributed by atoms with van der Waals surface area (Å²) < 4.78 is 11.4. The molecule has 1 aromatic carbocycles. The second-order valence-electron chi connectivity index (χ2n) is 4.16. The monoisotopic (exact) mass is 411 g/mol. The topological polar surface area (TPSA) is 72.8 Å². The lowest BCUT2D eigenvalue weighted by molar-refractivity contribution is -0.123. The predicted molar refractivity (Wildman–Crippen MR) is 91.2 cm³/mol. The fourth-order valence-electron chi connectivity index (χ4n) is 1.53. The third-order valence-corrected chi connectivity index (χ3v) is 3.45. The molecule has 0 aliphatic carbocycles. The van der Waals surface area contributed by atoms with Crippen molar-refractivity contribution in [3.05, 3.63) is 51.9 Å². The van der Waals surface area contributed by atoms with E-state index in [1.807, 2.05) is 6.07 Å². The molecule has 1 amide bonds. The summed E-state index contributed by atoms with van der Waals surface area (Å²) in [6.07, 6.45) is 4.84. The number of halogens is 1. The van der Waals surface area contributed by atoms with Crippen LogP contribution < -0.4 is 14.9 Å². The molecule has 0 unspecified atom stereocenters. The van der Waals surface area contributed by atoms with Crippen LogP contribution in [0.25, 0.3) is 0 Å². The van der Waals surface area contributed by atoms with Gasteiger partial charge in [0.05, 0.1) is 16.9 Å². The van der Waals surface area contributed by atoms with Gasteiger partial charge in [-0.2, -0.15) is 5.10 Å². The summed E-state index contributed by atoms with van der Waals surface area (Å²) in [7, 11) is 1.60. The van der Waals surface area contributed by atoms with Crippen molar-refractivity contribution in [2.45, 2.75) is 0 Å². The lowest BCUT2D eigenvalue weighted by Gasteiger charge is -2.08. The number of carbonyl (C=O) groups excluding carboxylic acids is 1. The second kappa shape index (κ2) is 8.32. The fourth-order valence-corrected chi connectivity index (χ4v) is 2.17. The highest BCUT2D eigenvalue weighted by atomic mass is 127. The zero-order valence-electron chi connectivity index (χ0n) is 11.8. The molecule has 6 nitrogen and oxygen atoms in total. The van der Waals surface area contributed by atoms with E-state index in [0.717, 1.165) is 14.9 Å². The van der Waals surface area contributed by atoms with E-state index in [9.17, 15) is 4.79 Å². The first-order valence-electron chi connectivity index (χ1n) is 6.37. The van der Waals surface area contributed by atoms with Gasteiger partial charge in [-0.15, -0.1) is 0 Å². The van der Waals surface area contributed by atoms with E-state index in [1.165, 1.54) is 6.21 Å². The van der Waals surface area contributed by atoms with Gasteiger partial charge in [0.1, 0.15) is 11.5 Å². The average molecular weight is 411 g/mol. The first-order chi connectivity index (χ1) is 10.7. The summed E-state index contributed by atoms with van der Waals surface area (Å²) in [5, 5.41) is 3.85. The van der Waals surface area contributed by atoms with Crippen molar-refractivity contribution in [1.82, 2.24) is 10.4 Å². The maximum atomic E-state index is 11.7. The number of methoxy groups -OCH3 is 1. The van der Waals surface area contributed by atoms with Crippen molar-refractivity contribution >= 4 is 34.7 Å². The van der Waals surface area contributed by atoms with E-state index in [4.69, 9.17) is 9.47 Å². The zero-order valence-corrected chi connectivity index (χ0v) is 14.0. The van der Waals surface area contributed by atoms with E-state index in [-0.39, 0.29) is 12.5 Å². The lowest BCUT2D eigenvalue weighted by atomic mass is 10.3. The van der Waals surface area contributed by atoms with Crippen molar-refractivity contribution < 1.29 is 14.3 Å². The van der Waals surface area contributed by atoms with Crippen LogP contribution in [0.15, 0.2) is 47.8 Å². The van der Waals surface area contributed by atoms with Crippen LogP contribution in [-0.2, 0) is 4.79 Å². The zero-order chi connectivity index (χ0) is 15.8. The van der Waals surface area contributed by atoms with Gasteiger partial charge in [-0.3, -0.25) is 9.78 Å². The lowest BCUT2D eigenvalue weighted by Crippen LogP contribution is -2.24. The van der Waals surface area contributed by atoms with E-state index >= 15 is 0 Å². The molecule has 0 radical (unpaired) electrons. The van der Waals surface area contributed by atoms with Crippen LogP contribution in [0.3, 0.4) is 0 Å². The van der Waals surface area contributed by atoms with Gasteiger partial charge < -0.3 is 9.47 Å². The van der Waals surface area contributed by atoms with Crippen LogP contribution in [0, 0.1) is 3.57 Å². The van der Waals surface area contributed by atoms with Crippen molar-refractivity contribution in [1.29, 1.82) is 0 Å². The number of hydrogen-bond donors (Lipinski definition) is 1. The molecule has 0 atom stereocenters. The number of benzene rings is 1. The van der Waals surface area contributed by atoms with E-state index in [0.29, 0.717) is 5.75 Å². The summed E-state index contributed by atoms with van der Waals surface area (Å²) >= 11 is 2.12. The Kier molecular flexibility index (Phi) is 6.13. The van der Waals surface area contributed by atoms with Crippen molar-refractivity contribution in [3.8, 4) is 11.5 Å². The van der Waals surface area contributed by atoms with Gasteiger partial charge in [-0.05, 0) is 58.5 Å². The van der Waals surface area contributed by atoms with Crippen LogP contribution in [0.4, 0.5) is 0 Å². The first-order valence-corrected chi connectivity index (χ1v) is 7.45. The van der Waals surface area contributed by atoms with E-state index in [1.54, 1.807) is 43.8 Å². The highest BCUT2D eigenvalue weighted by molar-refractivity contribution is 14.1. The molecule has 7 heteroatoms. The third-order valence-electron chi connectivity index (χ3n) is 2.61. The average Bonchev–Trinajstić information content (AvgIpc) is 2.54. The minimum Gasteiger partial charge on any atom is -0.497 e. The van der Waals surface area contributed by atoms with Gasteiger partial charge >= 0.3 is 0 Å². The van der Waals surface area contributed by atoms with Crippen molar-refractivity contribution in [3.63, 3.8) is 0 Å². The number of amides is 1. The number of ether oxygens (including phenoxy) is 2. The molecule has 2 rings (SSSR count). The molecule has 1 heterocycles. The molecule has 2 aromatic rings. The van der Waals surface area contributed by atoms with Gasteiger partial charge in [0.25, 0.3) is 5.91 Å². The number of carbonyl (C=O) groups is 1. The predicted octanol–water partition coefficient (Wildman–Crippen LogP) is 2.22. The standard InChI is InChI=1S/C15H14IN3O3/c1-21-12-2-3-14(13(16)8-12)22-10-15(20)19-18-9-11-4-6-17-7-5-11/h2-9H,10H2,1H3,(H,19,20)/b18-9+. The minimum atomic E-state index is -0.336. The van der Waals surface area contributed by atoms with Gasteiger partial charge in [0.15, 0.2) is 6.61 Å². The minimum absolute atomic E-state index is 0.115. The highest BCUT2D eigenvalue weighted by Crippen LogP contribution is 2.25. The number of nitrogens with zero attached hydrogens (tertiary/aromatic N) is 2. The van der Waals surface area contributed by atoms with Crippen LogP contribution in [0.5, 0.6) is 11.5 Å². The maximum absolute atomic E-state index is 11.7. The summed E-state index contributed by atoms with van der Waals surface area (Å²) in [4.78, 5) is 15.5. The molecule has 0 aliphatic heterocycles. The Balaban J connectivity index is 1.82. The van der Waals surface area contributed by atoms with E-state index in [2.05, 4.69) is 38.1 Å². The number of rotatable bonds is 6. The Hall–Kier alpha value is -2.16. The normalized spacial score (nSPS) is 10.5. The molecular weight excluding hydrogens is 397 g/mol. The molecule has 0 saturated carbocycles. The molecule has 0 fully saturated rings. The van der Waals surface area contributed by atoms with Crippen LogP contribution in [0.1, 0.15) is 5.56 Å². The Bertz CT molecular complexity index is 662. The first kappa shape index (κ1) is 16.2.